The monoisotopic (exact) mass is 449 g/mol. The summed E-state index contributed by atoms with van der Waals surface area (Å²) < 4.78 is 16.9. The Balaban J connectivity index is 2.24. The number of nitrogens with zero attached hydrogens (tertiary/aromatic N) is 3. The highest BCUT2D eigenvalue weighted by Crippen LogP contribution is 2.51. The van der Waals surface area contributed by atoms with Gasteiger partial charge in [-0.25, -0.2) is 19.0 Å². The van der Waals surface area contributed by atoms with Crippen molar-refractivity contribution in [3.8, 4) is 0 Å². The molecule has 0 saturated carbocycles. The van der Waals surface area contributed by atoms with E-state index in [-0.39, 0.29) is 10.8 Å². The summed E-state index contributed by atoms with van der Waals surface area (Å²) in [7, 11) is -3.33. The van der Waals surface area contributed by atoms with Crippen molar-refractivity contribution >= 4 is 47.7 Å². The molecular formula is C14H20N5O8PS. The number of carboxylic acid groups (broad SMARTS) is 1. The van der Waals surface area contributed by atoms with Crippen LogP contribution in [0.3, 0.4) is 0 Å². The number of nitrogens with two attached hydrogens (primary N) is 1. The summed E-state index contributed by atoms with van der Waals surface area (Å²) in [6.07, 6.45) is 0. The van der Waals surface area contributed by atoms with Crippen LogP contribution in [-0.2, 0) is 28.3 Å². The van der Waals surface area contributed by atoms with Gasteiger partial charge in [-0.1, -0.05) is 5.16 Å². The van der Waals surface area contributed by atoms with Gasteiger partial charge in [-0.3, -0.25) is 14.1 Å². The van der Waals surface area contributed by atoms with E-state index in [1.807, 2.05) is 0 Å². The van der Waals surface area contributed by atoms with Crippen LogP contribution < -0.4 is 11.1 Å². The zero-order valence-corrected chi connectivity index (χ0v) is 17.6. The highest BCUT2D eigenvalue weighted by Gasteiger charge is 2.54. The topological polar surface area (TPSA) is 194 Å². The lowest BCUT2D eigenvalue weighted by atomic mass is 10.0. The molecule has 1 aliphatic rings. The Morgan fingerprint density at radius 1 is 1.48 bits per heavy atom. The number of hydrogen-bond acceptors (Lipinski definition) is 10. The van der Waals surface area contributed by atoms with Crippen molar-refractivity contribution in [2.24, 2.45) is 5.16 Å². The van der Waals surface area contributed by atoms with E-state index in [1.165, 1.54) is 26.2 Å². The van der Waals surface area contributed by atoms with Gasteiger partial charge in [0.2, 0.25) is 5.60 Å². The number of carbonyl (C=O) groups is 3. The minimum Gasteiger partial charge on any atom is -0.478 e. The molecule has 0 spiro atoms. The van der Waals surface area contributed by atoms with Crippen LogP contribution in [0.2, 0.25) is 0 Å². The SMILES string of the molecule is COP(=O)(O)N1C(=O)[C@@H](NC(=O)/C(=N\OC(C)(C)C(=O)O)c2csc(N)n2)[C@@H]1C. The molecule has 29 heavy (non-hydrogen) atoms. The normalized spacial score (nSPS) is 21.9. The lowest BCUT2D eigenvalue weighted by Gasteiger charge is -2.45. The molecule has 3 atom stereocenters. The Kier molecular flexibility index (Phi) is 6.33. The van der Waals surface area contributed by atoms with Crippen molar-refractivity contribution in [1.82, 2.24) is 15.0 Å². The number of nitrogen functional groups attached to an aromatic ring is 1. The number of β-lactam (4-membered cyclic amide) rings is 1. The molecule has 0 radical (unpaired) electrons. The Bertz CT molecular complexity index is 916. The van der Waals surface area contributed by atoms with E-state index in [0.717, 1.165) is 18.4 Å². The second kappa shape index (κ2) is 8.06. The highest BCUT2D eigenvalue weighted by atomic mass is 32.1. The van der Waals surface area contributed by atoms with E-state index in [2.05, 4.69) is 20.0 Å². The van der Waals surface area contributed by atoms with Crippen LogP contribution in [0.1, 0.15) is 26.5 Å². The van der Waals surface area contributed by atoms with Crippen molar-refractivity contribution in [2.45, 2.75) is 38.5 Å². The predicted molar refractivity (Wildman–Crippen MR) is 101 cm³/mol. The van der Waals surface area contributed by atoms with Crippen molar-refractivity contribution in [3.05, 3.63) is 11.1 Å². The number of aromatic nitrogens is 1. The minimum absolute atomic E-state index is 0.00666. The third kappa shape index (κ3) is 4.56. The number of anilines is 1. The molecular weight excluding hydrogens is 429 g/mol. The van der Waals surface area contributed by atoms with E-state index < -0.39 is 48.9 Å². The van der Waals surface area contributed by atoms with Crippen LogP contribution in [-0.4, -0.2) is 67.9 Å². The Labute approximate surface area is 169 Å². The maximum absolute atomic E-state index is 12.7. The first kappa shape index (κ1) is 22.7. The largest absolute Gasteiger partial charge is 0.478 e. The molecule has 1 fully saturated rings. The lowest BCUT2D eigenvalue weighted by Crippen LogP contribution is -2.68. The minimum atomic E-state index is -4.31. The third-order valence-corrected chi connectivity index (χ3v) is 6.27. The van der Waals surface area contributed by atoms with Gasteiger partial charge in [0.1, 0.15) is 11.7 Å². The molecule has 0 aliphatic carbocycles. The van der Waals surface area contributed by atoms with Crippen LogP contribution >= 0.6 is 19.1 Å². The summed E-state index contributed by atoms with van der Waals surface area (Å²) in [6.45, 7) is 3.89. The summed E-state index contributed by atoms with van der Waals surface area (Å²) >= 11 is 1.01. The Morgan fingerprint density at radius 2 is 2.10 bits per heavy atom. The van der Waals surface area contributed by atoms with Gasteiger partial charge in [-0.15, -0.1) is 11.3 Å². The predicted octanol–water partition coefficient (Wildman–Crippen LogP) is -0.228. The number of oxime groups is 1. The van der Waals surface area contributed by atoms with Gasteiger partial charge in [0.15, 0.2) is 10.8 Å². The Morgan fingerprint density at radius 3 is 2.55 bits per heavy atom. The van der Waals surface area contributed by atoms with E-state index in [9.17, 15) is 23.8 Å². The average Bonchev–Trinajstić information content (AvgIpc) is 3.05. The first-order valence-corrected chi connectivity index (χ1v) is 10.5. The van der Waals surface area contributed by atoms with E-state index >= 15 is 0 Å². The molecule has 0 aromatic carbocycles. The summed E-state index contributed by atoms with van der Waals surface area (Å²) in [5, 5.41) is 16.6. The summed E-state index contributed by atoms with van der Waals surface area (Å²) in [6, 6.07) is -1.98. The first-order chi connectivity index (χ1) is 13.3. The van der Waals surface area contributed by atoms with E-state index in [1.54, 1.807) is 0 Å². The molecule has 5 N–H and O–H groups in total. The van der Waals surface area contributed by atoms with Gasteiger partial charge in [0.05, 0.1) is 6.04 Å². The van der Waals surface area contributed by atoms with Gasteiger partial charge in [0.25, 0.3) is 11.8 Å². The van der Waals surface area contributed by atoms with Gasteiger partial charge in [-0.2, -0.15) is 0 Å². The number of aliphatic carboxylic acids is 1. The second-order valence-corrected chi connectivity index (χ2v) is 9.13. The molecule has 1 unspecified atom stereocenters. The molecule has 2 heterocycles. The molecule has 15 heteroatoms. The number of hydrogen-bond donors (Lipinski definition) is 4. The van der Waals surface area contributed by atoms with Crippen LogP contribution in [0, 0.1) is 0 Å². The second-order valence-electron chi connectivity index (χ2n) is 6.47. The lowest BCUT2D eigenvalue weighted by molar-refractivity contribution is -0.161. The first-order valence-electron chi connectivity index (χ1n) is 8.05. The van der Waals surface area contributed by atoms with Gasteiger partial charge in [0, 0.05) is 12.5 Å². The summed E-state index contributed by atoms with van der Waals surface area (Å²) in [5.41, 5.74) is 3.41. The maximum Gasteiger partial charge on any atom is 0.435 e. The third-order valence-electron chi connectivity index (χ3n) is 4.02. The van der Waals surface area contributed by atoms with Crippen molar-refractivity contribution in [2.75, 3.05) is 12.8 Å². The molecule has 1 aliphatic heterocycles. The summed E-state index contributed by atoms with van der Waals surface area (Å²) in [5.74, 6) is -3.07. The fourth-order valence-corrected chi connectivity index (χ4v) is 3.93. The molecule has 1 aromatic rings. The smallest absolute Gasteiger partial charge is 0.435 e. The molecule has 2 rings (SSSR count). The van der Waals surface area contributed by atoms with Crippen LogP contribution in [0.15, 0.2) is 10.5 Å². The molecule has 160 valence electrons. The molecule has 1 aromatic heterocycles. The Hall–Kier alpha value is -2.54. The standard InChI is InChI=1S/C14H20N5O8PS/c1-6-8(11(21)19(6)28(24,25)26-4)17-10(20)9(7-5-29-13(15)16-7)18-27-14(2,3)12(22)23/h5-6,8H,1-4H3,(H2,15,16)(H,17,20)(H,22,23)(H,24,25)/b18-9-/t6-,8-/m0/s1. The number of carbonyl (C=O) groups excluding carboxylic acids is 2. The van der Waals surface area contributed by atoms with Crippen molar-refractivity contribution in [1.29, 1.82) is 0 Å². The number of nitrogens with one attached hydrogen (secondary N) is 1. The van der Waals surface area contributed by atoms with Gasteiger partial charge < -0.3 is 25.9 Å². The number of thiazole rings is 1. The molecule has 13 nitrogen and oxygen atoms in total. The fraction of sp³-hybridized carbons (Fsp3) is 0.500. The highest BCUT2D eigenvalue weighted by molar-refractivity contribution is 7.51. The number of amides is 2. The molecule has 2 amide bonds. The average molecular weight is 449 g/mol. The van der Waals surface area contributed by atoms with Gasteiger partial charge in [-0.05, 0) is 20.8 Å². The number of rotatable bonds is 8. The number of carboxylic acids is 1. The van der Waals surface area contributed by atoms with Crippen LogP contribution in [0.25, 0.3) is 0 Å². The van der Waals surface area contributed by atoms with Crippen LogP contribution in [0.5, 0.6) is 0 Å². The van der Waals surface area contributed by atoms with Crippen molar-refractivity contribution in [3.63, 3.8) is 0 Å². The fourth-order valence-electron chi connectivity index (χ4n) is 2.24. The zero-order chi connectivity index (χ0) is 22.1. The van der Waals surface area contributed by atoms with E-state index in [4.69, 9.17) is 15.7 Å². The van der Waals surface area contributed by atoms with Gasteiger partial charge >= 0.3 is 13.7 Å². The molecule has 1 saturated heterocycles. The maximum atomic E-state index is 12.7. The quantitative estimate of drug-likeness (QED) is 0.178. The van der Waals surface area contributed by atoms with Crippen LogP contribution in [0.4, 0.5) is 5.13 Å². The molecule has 0 bridgehead atoms. The zero-order valence-electron chi connectivity index (χ0n) is 15.9. The van der Waals surface area contributed by atoms with Crippen molar-refractivity contribution < 1.29 is 38.3 Å². The van der Waals surface area contributed by atoms with E-state index in [0.29, 0.717) is 4.67 Å². The summed E-state index contributed by atoms with van der Waals surface area (Å²) in [4.78, 5) is 54.6.